The molecule has 1 aromatic carbocycles. The summed E-state index contributed by atoms with van der Waals surface area (Å²) in [5, 5.41) is 7.47. The minimum absolute atomic E-state index is 0.0131. The monoisotopic (exact) mass is 362 g/mol. The molecule has 0 saturated carbocycles. The van der Waals surface area contributed by atoms with Crippen LogP contribution in [0.5, 0.6) is 0 Å². The Balaban J connectivity index is 1.36. The van der Waals surface area contributed by atoms with Crippen molar-refractivity contribution in [1.29, 1.82) is 0 Å². The van der Waals surface area contributed by atoms with Gasteiger partial charge >= 0.3 is 0 Å². The summed E-state index contributed by atoms with van der Waals surface area (Å²) in [5.74, 6) is 1.63. The van der Waals surface area contributed by atoms with Crippen molar-refractivity contribution in [3.05, 3.63) is 65.7 Å². The number of benzene rings is 1. The van der Waals surface area contributed by atoms with Crippen molar-refractivity contribution in [3.63, 3.8) is 0 Å². The Morgan fingerprint density at radius 1 is 1.11 bits per heavy atom. The number of carbonyl (C=O) groups excluding carboxylic acids is 1. The molecule has 2 aromatic heterocycles. The molecule has 27 heavy (non-hydrogen) atoms. The molecule has 7 heteroatoms. The first-order valence-corrected chi connectivity index (χ1v) is 9.02. The van der Waals surface area contributed by atoms with Gasteiger partial charge in [0.1, 0.15) is 12.1 Å². The second kappa shape index (κ2) is 7.19. The molecule has 1 N–H and O–H groups in total. The fourth-order valence-electron chi connectivity index (χ4n) is 3.25. The molecule has 4 rings (SSSR count). The lowest BCUT2D eigenvalue weighted by atomic mass is 9.99. The molecular formula is C20H22N6O. The van der Waals surface area contributed by atoms with Crippen molar-refractivity contribution >= 4 is 11.7 Å². The van der Waals surface area contributed by atoms with E-state index in [1.165, 1.54) is 0 Å². The Hall–Kier alpha value is -3.22. The van der Waals surface area contributed by atoms with E-state index in [2.05, 4.69) is 25.3 Å². The lowest BCUT2D eigenvalue weighted by Gasteiger charge is -2.39. The van der Waals surface area contributed by atoms with Gasteiger partial charge in [0, 0.05) is 31.4 Å². The maximum Gasteiger partial charge on any atom is 0.226 e. The summed E-state index contributed by atoms with van der Waals surface area (Å²) >= 11 is 0. The van der Waals surface area contributed by atoms with Gasteiger partial charge < -0.3 is 10.2 Å². The molecule has 1 amide bonds. The maximum absolute atomic E-state index is 12.3. The minimum Gasteiger partial charge on any atom is -0.355 e. The van der Waals surface area contributed by atoms with Crippen molar-refractivity contribution in [2.24, 2.45) is 5.92 Å². The Morgan fingerprint density at radius 2 is 1.85 bits per heavy atom. The third kappa shape index (κ3) is 3.67. The molecule has 138 valence electrons. The van der Waals surface area contributed by atoms with Crippen molar-refractivity contribution in [1.82, 2.24) is 25.1 Å². The molecule has 7 nitrogen and oxygen atoms in total. The Bertz CT molecular complexity index is 946. The molecule has 0 aliphatic carbocycles. The third-order valence-corrected chi connectivity index (χ3v) is 4.75. The van der Waals surface area contributed by atoms with Crippen molar-refractivity contribution in [2.75, 3.05) is 18.0 Å². The fourth-order valence-corrected chi connectivity index (χ4v) is 3.25. The van der Waals surface area contributed by atoms with Crippen LogP contribution < -0.4 is 10.2 Å². The van der Waals surface area contributed by atoms with E-state index in [0.717, 1.165) is 28.6 Å². The van der Waals surface area contributed by atoms with E-state index >= 15 is 0 Å². The van der Waals surface area contributed by atoms with Gasteiger partial charge in [-0.3, -0.25) is 4.79 Å². The number of nitrogens with one attached hydrogen (secondary N) is 1. The van der Waals surface area contributed by atoms with E-state index in [9.17, 15) is 4.79 Å². The highest BCUT2D eigenvalue weighted by molar-refractivity contribution is 5.81. The average molecular weight is 362 g/mol. The molecule has 1 aliphatic rings. The van der Waals surface area contributed by atoms with Crippen LogP contribution in [0.15, 0.2) is 48.8 Å². The van der Waals surface area contributed by atoms with Gasteiger partial charge in [0.2, 0.25) is 5.91 Å². The Kier molecular flexibility index (Phi) is 4.58. The molecule has 0 atom stereocenters. The van der Waals surface area contributed by atoms with Crippen LogP contribution in [0, 0.1) is 19.8 Å². The van der Waals surface area contributed by atoms with Crippen LogP contribution in [0.4, 0.5) is 5.82 Å². The number of hydrogen-bond acceptors (Lipinski definition) is 5. The lowest BCUT2D eigenvalue weighted by molar-refractivity contribution is -0.125. The van der Waals surface area contributed by atoms with Gasteiger partial charge in [-0.2, -0.15) is 5.10 Å². The second-order valence-electron chi connectivity index (χ2n) is 6.88. The lowest BCUT2D eigenvalue weighted by Crippen LogP contribution is -2.54. The largest absolute Gasteiger partial charge is 0.355 e. The predicted molar refractivity (Wildman–Crippen MR) is 103 cm³/mol. The van der Waals surface area contributed by atoms with Crippen LogP contribution >= 0.6 is 0 Å². The highest BCUT2D eigenvalue weighted by Gasteiger charge is 2.33. The molecule has 1 fully saturated rings. The van der Waals surface area contributed by atoms with Crippen LogP contribution in [0.3, 0.4) is 0 Å². The number of aromatic nitrogens is 4. The summed E-state index contributed by atoms with van der Waals surface area (Å²) in [6.45, 7) is 5.84. The smallest absolute Gasteiger partial charge is 0.226 e. The number of nitrogens with zero attached hydrogens (tertiary/aromatic N) is 5. The molecule has 1 saturated heterocycles. The van der Waals surface area contributed by atoms with Crippen molar-refractivity contribution < 1.29 is 4.79 Å². The van der Waals surface area contributed by atoms with Gasteiger partial charge in [-0.05, 0) is 25.5 Å². The summed E-state index contributed by atoms with van der Waals surface area (Å²) in [6.07, 6.45) is 1.55. The van der Waals surface area contributed by atoms with Crippen LogP contribution in [-0.2, 0) is 11.3 Å². The van der Waals surface area contributed by atoms with Gasteiger partial charge in [0.25, 0.3) is 0 Å². The number of carbonyl (C=O) groups is 1. The molecule has 3 heterocycles. The highest BCUT2D eigenvalue weighted by Crippen LogP contribution is 2.24. The van der Waals surface area contributed by atoms with Gasteiger partial charge in [-0.1, -0.05) is 30.3 Å². The zero-order valence-electron chi connectivity index (χ0n) is 15.5. The summed E-state index contributed by atoms with van der Waals surface area (Å²) in [4.78, 5) is 23.1. The SMILES string of the molecule is Cc1cc(C)n(-c2cc(N3CC(C(=O)NCc4ccccc4)C3)ncn2)n1. The van der Waals surface area contributed by atoms with Gasteiger partial charge in [0.15, 0.2) is 5.82 Å². The molecular weight excluding hydrogens is 340 g/mol. The molecule has 0 spiro atoms. The summed E-state index contributed by atoms with van der Waals surface area (Å²) in [5.41, 5.74) is 3.08. The minimum atomic E-state index is -0.0131. The summed E-state index contributed by atoms with van der Waals surface area (Å²) in [7, 11) is 0. The topological polar surface area (TPSA) is 75.9 Å². The summed E-state index contributed by atoms with van der Waals surface area (Å²) in [6, 6.07) is 13.9. The first-order chi connectivity index (χ1) is 13.1. The number of rotatable bonds is 5. The highest BCUT2D eigenvalue weighted by atomic mass is 16.2. The Labute approximate surface area is 158 Å². The maximum atomic E-state index is 12.3. The van der Waals surface area contributed by atoms with E-state index in [1.807, 2.05) is 61.0 Å². The van der Waals surface area contributed by atoms with Crippen LogP contribution in [-0.4, -0.2) is 38.7 Å². The number of anilines is 1. The fraction of sp³-hybridized carbons (Fsp3) is 0.300. The number of hydrogen-bond donors (Lipinski definition) is 1. The van der Waals surface area contributed by atoms with Crippen molar-refractivity contribution in [3.8, 4) is 5.82 Å². The second-order valence-corrected chi connectivity index (χ2v) is 6.88. The molecule has 1 aliphatic heterocycles. The van der Waals surface area contributed by atoms with E-state index in [1.54, 1.807) is 6.33 Å². The van der Waals surface area contributed by atoms with Crippen LogP contribution in [0.1, 0.15) is 17.0 Å². The first-order valence-electron chi connectivity index (χ1n) is 9.02. The zero-order valence-corrected chi connectivity index (χ0v) is 15.5. The van der Waals surface area contributed by atoms with Gasteiger partial charge in [-0.15, -0.1) is 0 Å². The third-order valence-electron chi connectivity index (χ3n) is 4.75. The van der Waals surface area contributed by atoms with Crippen molar-refractivity contribution in [2.45, 2.75) is 20.4 Å². The number of aryl methyl sites for hydroxylation is 2. The van der Waals surface area contributed by atoms with Crippen LogP contribution in [0.2, 0.25) is 0 Å². The number of amides is 1. The Morgan fingerprint density at radius 3 is 2.56 bits per heavy atom. The first kappa shape index (κ1) is 17.2. The van der Waals surface area contributed by atoms with E-state index in [4.69, 9.17) is 0 Å². The average Bonchev–Trinajstić information content (AvgIpc) is 2.98. The van der Waals surface area contributed by atoms with Crippen LogP contribution in [0.25, 0.3) is 5.82 Å². The molecule has 3 aromatic rings. The van der Waals surface area contributed by atoms with Gasteiger partial charge in [0.05, 0.1) is 11.6 Å². The molecule has 0 bridgehead atoms. The predicted octanol–water partition coefficient (Wildman–Crippen LogP) is 2.03. The van der Waals surface area contributed by atoms with Gasteiger partial charge in [-0.25, -0.2) is 14.6 Å². The molecule has 0 radical (unpaired) electrons. The van der Waals surface area contributed by atoms with E-state index in [-0.39, 0.29) is 11.8 Å². The molecule has 0 unspecified atom stereocenters. The zero-order chi connectivity index (χ0) is 18.8. The van der Waals surface area contributed by atoms with E-state index in [0.29, 0.717) is 19.6 Å². The summed E-state index contributed by atoms with van der Waals surface area (Å²) < 4.78 is 1.81. The standard InChI is InChI=1S/C20H22N6O/c1-14-8-15(2)26(24-14)19-9-18(22-13-23-19)25-11-17(12-25)20(27)21-10-16-6-4-3-5-7-16/h3-9,13,17H,10-12H2,1-2H3,(H,21,27). The normalized spacial score (nSPS) is 14.1. The van der Waals surface area contributed by atoms with E-state index < -0.39 is 0 Å². The quantitative estimate of drug-likeness (QED) is 0.752.